The van der Waals surface area contributed by atoms with Gasteiger partial charge >= 0.3 is 5.97 Å². The van der Waals surface area contributed by atoms with E-state index in [0.717, 1.165) is 12.8 Å². The Labute approximate surface area is 148 Å². The molecule has 1 aromatic heterocycles. The van der Waals surface area contributed by atoms with Gasteiger partial charge in [-0.2, -0.15) is 0 Å². The molecule has 1 heterocycles. The number of ether oxygens (including phenoxy) is 1. The van der Waals surface area contributed by atoms with Crippen molar-refractivity contribution in [2.75, 3.05) is 7.11 Å². The van der Waals surface area contributed by atoms with Crippen LogP contribution in [0.4, 0.5) is 0 Å². The maximum atomic E-state index is 11.0. The molecule has 0 aliphatic rings. The van der Waals surface area contributed by atoms with Crippen molar-refractivity contribution in [1.82, 2.24) is 4.98 Å². The van der Waals surface area contributed by atoms with Gasteiger partial charge in [0, 0.05) is 17.8 Å². The fourth-order valence-corrected chi connectivity index (χ4v) is 3.19. The molecular formula is C21H37NO2. The SMILES string of the molecule is CCCCCCc1cc(C)c(CCCCCCCCC(=O)OC)[nH]1. The van der Waals surface area contributed by atoms with Crippen LogP contribution in [0, 0.1) is 6.92 Å². The molecule has 1 rings (SSSR count). The van der Waals surface area contributed by atoms with E-state index in [2.05, 4.69) is 29.6 Å². The van der Waals surface area contributed by atoms with Crippen LogP contribution in [0.3, 0.4) is 0 Å². The molecule has 3 heteroatoms. The lowest BCUT2D eigenvalue weighted by Crippen LogP contribution is -1.99. The summed E-state index contributed by atoms with van der Waals surface area (Å²) < 4.78 is 4.65. The Kier molecular flexibility index (Phi) is 11.3. The zero-order valence-electron chi connectivity index (χ0n) is 16.1. The minimum absolute atomic E-state index is 0.0808. The van der Waals surface area contributed by atoms with Crippen LogP contribution in [0.1, 0.15) is 94.5 Å². The van der Waals surface area contributed by atoms with Gasteiger partial charge in [-0.3, -0.25) is 4.79 Å². The Bertz CT molecular complexity index is 451. The molecule has 0 spiro atoms. The van der Waals surface area contributed by atoms with Crippen molar-refractivity contribution in [3.8, 4) is 0 Å². The first-order chi connectivity index (χ1) is 11.7. The van der Waals surface area contributed by atoms with Crippen molar-refractivity contribution in [2.24, 2.45) is 0 Å². The highest BCUT2D eigenvalue weighted by Crippen LogP contribution is 2.16. The molecule has 0 aliphatic carbocycles. The highest BCUT2D eigenvalue weighted by molar-refractivity contribution is 5.68. The van der Waals surface area contributed by atoms with Crippen LogP contribution in [0.2, 0.25) is 0 Å². The van der Waals surface area contributed by atoms with Crippen molar-refractivity contribution in [3.63, 3.8) is 0 Å². The van der Waals surface area contributed by atoms with Crippen LogP contribution >= 0.6 is 0 Å². The first-order valence-electron chi connectivity index (χ1n) is 9.91. The number of aromatic amines is 1. The van der Waals surface area contributed by atoms with Gasteiger partial charge in [0.1, 0.15) is 0 Å². The zero-order valence-corrected chi connectivity index (χ0v) is 16.1. The van der Waals surface area contributed by atoms with Gasteiger partial charge in [-0.05, 0) is 50.7 Å². The third-order valence-electron chi connectivity index (χ3n) is 4.76. The van der Waals surface area contributed by atoms with E-state index >= 15 is 0 Å². The number of H-pyrrole nitrogens is 1. The smallest absolute Gasteiger partial charge is 0.305 e. The van der Waals surface area contributed by atoms with E-state index in [-0.39, 0.29) is 5.97 Å². The number of aromatic nitrogens is 1. The molecule has 3 nitrogen and oxygen atoms in total. The van der Waals surface area contributed by atoms with Gasteiger partial charge < -0.3 is 9.72 Å². The lowest BCUT2D eigenvalue weighted by molar-refractivity contribution is -0.140. The topological polar surface area (TPSA) is 42.1 Å². The molecule has 0 aliphatic heterocycles. The Balaban J connectivity index is 2.08. The maximum absolute atomic E-state index is 11.0. The average Bonchev–Trinajstić information content (AvgIpc) is 2.93. The number of rotatable bonds is 14. The first-order valence-corrected chi connectivity index (χ1v) is 9.91. The predicted molar refractivity (Wildman–Crippen MR) is 101 cm³/mol. The number of nitrogens with one attached hydrogen (secondary N) is 1. The van der Waals surface area contributed by atoms with Crippen LogP contribution in [-0.4, -0.2) is 18.1 Å². The molecule has 0 atom stereocenters. The molecule has 1 aromatic rings. The van der Waals surface area contributed by atoms with Gasteiger partial charge in [0.25, 0.3) is 0 Å². The molecule has 0 fully saturated rings. The number of hydrogen-bond acceptors (Lipinski definition) is 2. The number of carbonyl (C=O) groups is 1. The summed E-state index contributed by atoms with van der Waals surface area (Å²) in [6.45, 7) is 4.49. The summed E-state index contributed by atoms with van der Waals surface area (Å²) in [6.07, 6.45) is 15.4. The minimum atomic E-state index is -0.0808. The largest absolute Gasteiger partial charge is 0.469 e. The highest BCUT2D eigenvalue weighted by atomic mass is 16.5. The summed E-state index contributed by atoms with van der Waals surface area (Å²) in [5, 5.41) is 0. The average molecular weight is 336 g/mol. The van der Waals surface area contributed by atoms with Gasteiger partial charge in [-0.1, -0.05) is 51.9 Å². The lowest BCUT2D eigenvalue weighted by atomic mass is 10.1. The highest BCUT2D eigenvalue weighted by Gasteiger charge is 2.05. The molecule has 0 radical (unpaired) electrons. The van der Waals surface area contributed by atoms with Gasteiger partial charge in [-0.15, -0.1) is 0 Å². The molecular weight excluding hydrogens is 298 g/mol. The van der Waals surface area contributed by atoms with E-state index in [1.807, 2.05) is 0 Å². The first kappa shape index (κ1) is 20.8. The standard InChI is InChI=1S/C21H37NO2/c1-4-5-6-11-14-19-17-18(2)20(22-19)15-12-9-7-8-10-13-16-21(23)24-3/h17,22H,4-16H2,1-3H3. The summed E-state index contributed by atoms with van der Waals surface area (Å²) in [7, 11) is 1.46. The lowest BCUT2D eigenvalue weighted by Gasteiger charge is -2.03. The van der Waals surface area contributed by atoms with Gasteiger partial charge in [0.2, 0.25) is 0 Å². The molecule has 138 valence electrons. The number of carbonyl (C=O) groups excluding carboxylic acids is 1. The van der Waals surface area contributed by atoms with Gasteiger partial charge in [0.05, 0.1) is 7.11 Å². The fourth-order valence-electron chi connectivity index (χ4n) is 3.19. The number of methoxy groups -OCH3 is 1. The van der Waals surface area contributed by atoms with Crippen molar-refractivity contribution < 1.29 is 9.53 Å². The van der Waals surface area contributed by atoms with Crippen LogP contribution in [0.25, 0.3) is 0 Å². The molecule has 0 saturated carbocycles. The Hall–Kier alpha value is -1.25. The molecule has 24 heavy (non-hydrogen) atoms. The third kappa shape index (κ3) is 9.14. The molecule has 1 N–H and O–H groups in total. The Morgan fingerprint density at radius 3 is 2.29 bits per heavy atom. The number of unbranched alkanes of at least 4 members (excludes halogenated alkanes) is 8. The summed E-state index contributed by atoms with van der Waals surface area (Å²) in [5.41, 5.74) is 4.28. The third-order valence-corrected chi connectivity index (χ3v) is 4.76. The normalized spacial score (nSPS) is 11.0. The summed E-state index contributed by atoms with van der Waals surface area (Å²) in [5.74, 6) is -0.0808. The van der Waals surface area contributed by atoms with Crippen LogP contribution in [-0.2, 0) is 22.4 Å². The molecule has 0 bridgehead atoms. The zero-order chi connectivity index (χ0) is 17.6. The van der Waals surface area contributed by atoms with Crippen molar-refractivity contribution in [2.45, 2.75) is 97.3 Å². The van der Waals surface area contributed by atoms with Crippen LogP contribution in [0.15, 0.2) is 6.07 Å². The van der Waals surface area contributed by atoms with E-state index in [9.17, 15) is 4.79 Å². The second kappa shape index (κ2) is 13.1. The van der Waals surface area contributed by atoms with Crippen molar-refractivity contribution >= 4 is 5.97 Å². The number of esters is 1. The monoisotopic (exact) mass is 335 g/mol. The molecule has 0 aromatic carbocycles. The quantitative estimate of drug-likeness (QED) is 0.340. The Morgan fingerprint density at radius 1 is 0.958 bits per heavy atom. The Morgan fingerprint density at radius 2 is 1.58 bits per heavy atom. The van der Waals surface area contributed by atoms with E-state index in [4.69, 9.17) is 0 Å². The summed E-state index contributed by atoms with van der Waals surface area (Å²) in [4.78, 5) is 14.6. The predicted octanol–water partition coefficient (Wildman–Crippen LogP) is 5.89. The van der Waals surface area contributed by atoms with Crippen LogP contribution in [0.5, 0.6) is 0 Å². The van der Waals surface area contributed by atoms with E-state index in [0.29, 0.717) is 6.42 Å². The minimum Gasteiger partial charge on any atom is -0.469 e. The number of hydrogen-bond donors (Lipinski definition) is 1. The van der Waals surface area contributed by atoms with E-state index in [1.165, 1.54) is 88.3 Å². The second-order valence-corrected chi connectivity index (χ2v) is 6.96. The molecule has 0 unspecified atom stereocenters. The summed E-state index contributed by atoms with van der Waals surface area (Å²) in [6, 6.07) is 2.34. The van der Waals surface area contributed by atoms with Gasteiger partial charge in [-0.25, -0.2) is 0 Å². The van der Waals surface area contributed by atoms with E-state index < -0.39 is 0 Å². The van der Waals surface area contributed by atoms with Crippen molar-refractivity contribution in [1.29, 1.82) is 0 Å². The summed E-state index contributed by atoms with van der Waals surface area (Å²) >= 11 is 0. The number of aryl methyl sites for hydroxylation is 3. The maximum Gasteiger partial charge on any atom is 0.305 e. The van der Waals surface area contributed by atoms with E-state index in [1.54, 1.807) is 0 Å². The fraction of sp³-hybridized carbons (Fsp3) is 0.762. The van der Waals surface area contributed by atoms with Gasteiger partial charge in [0.15, 0.2) is 0 Å². The molecule has 0 amide bonds. The molecule has 0 saturated heterocycles. The van der Waals surface area contributed by atoms with Crippen LogP contribution < -0.4 is 0 Å². The van der Waals surface area contributed by atoms with Crippen molar-refractivity contribution in [3.05, 3.63) is 23.0 Å². The second-order valence-electron chi connectivity index (χ2n) is 6.96.